The molecule has 1 saturated heterocycles. The molecule has 2 heterocycles. The van der Waals surface area contributed by atoms with Gasteiger partial charge < -0.3 is 14.6 Å². The Bertz CT molecular complexity index is 833. The fraction of sp³-hybridized carbons (Fsp3) is 0.353. The van der Waals surface area contributed by atoms with Gasteiger partial charge in [-0.1, -0.05) is 18.9 Å². The van der Waals surface area contributed by atoms with Gasteiger partial charge in [0.25, 0.3) is 0 Å². The number of amides is 2. The van der Waals surface area contributed by atoms with E-state index in [0.29, 0.717) is 12.2 Å². The number of nitrogens with two attached hydrogens (primary N) is 1. The molecule has 0 aliphatic carbocycles. The molecule has 0 radical (unpaired) electrons. The predicted molar refractivity (Wildman–Crippen MR) is 93.5 cm³/mol. The van der Waals surface area contributed by atoms with Crippen molar-refractivity contribution in [1.82, 2.24) is 4.90 Å². The van der Waals surface area contributed by atoms with E-state index in [2.05, 4.69) is 5.32 Å². The lowest BCUT2D eigenvalue weighted by atomic mass is 10.1. The predicted octanol–water partition coefficient (Wildman–Crippen LogP) is 3.08. The Morgan fingerprint density at radius 2 is 2.04 bits per heavy atom. The molecule has 1 aromatic carbocycles. The van der Waals surface area contributed by atoms with Crippen LogP contribution in [-0.2, 0) is 10.0 Å². The first kappa shape index (κ1) is 17.5. The molecule has 0 unspecified atom stereocenters. The van der Waals surface area contributed by atoms with E-state index in [4.69, 9.17) is 9.56 Å². The molecule has 1 aliphatic rings. The minimum Gasteiger partial charge on any atom is -0.467 e. The molecule has 25 heavy (non-hydrogen) atoms. The van der Waals surface area contributed by atoms with Crippen molar-refractivity contribution in [3.05, 3.63) is 48.4 Å². The lowest BCUT2D eigenvalue weighted by Crippen LogP contribution is -2.38. The molecule has 1 aromatic heterocycles. The van der Waals surface area contributed by atoms with Gasteiger partial charge in [-0.2, -0.15) is 0 Å². The number of hydrogen-bond donors (Lipinski definition) is 2. The Balaban J connectivity index is 1.81. The number of benzene rings is 1. The number of rotatable bonds is 3. The first-order valence-electron chi connectivity index (χ1n) is 8.19. The number of nitrogens with zero attached hydrogens (tertiary/aromatic N) is 1. The number of carbonyl (C=O) groups excluding carboxylic acids is 1. The maximum absolute atomic E-state index is 12.8. The summed E-state index contributed by atoms with van der Waals surface area (Å²) in [5.41, 5.74) is 0.388. The molecule has 1 aliphatic heterocycles. The Labute approximate surface area is 146 Å². The Morgan fingerprint density at radius 1 is 1.20 bits per heavy atom. The highest BCUT2D eigenvalue weighted by Gasteiger charge is 2.28. The highest BCUT2D eigenvalue weighted by atomic mass is 32.2. The molecule has 134 valence electrons. The van der Waals surface area contributed by atoms with Crippen LogP contribution >= 0.6 is 0 Å². The van der Waals surface area contributed by atoms with E-state index in [9.17, 15) is 13.2 Å². The molecule has 0 spiro atoms. The average molecular weight is 363 g/mol. The van der Waals surface area contributed by atoms with Crippen LogP contribution in [0.1, 0.15) is 37.5 Å². The minimum absolute atomic E-state index is 0.0382. The quantitative estimate of drug-likeness (QED) is 0.874. The molecular formula is C17H21N3O4S. The first-order valence-corrected chi connectivity index (χ1v) is 9.74. The summed E-state index contributed by atoms with van der Waals surface area (Å²) in [6, 6.07) is 9.20. The van der Waals surface area contributed by atoms with Gasteiger partial charge in [-0.3, -0.25) is 0 Å². The van der Waals surface area contributed by atoms with Crippen molar-refractivity contribution in [1.29, 1.82) is 0 Å². The van der Waals surface area contributed by atoms with Crippen LogP contribution in [0.4, 0.5) is 10.5 Å². The fourth-order valence-electron chi connectivity index (χ4n) is 3.07. The van der Waals surface area contributed by atoms with Gasteiger partial charge in [-0.05, 0) is 43.2 Å². The maximum atomic E-state index is 12.8. The summed E-state index contributed by atoms with van der Waals surface area (Å²) in [4.78, 5) is 14.5. The zero-order valence-electron chi connectivity index (χ0n) is 13.7. The van der Waals surface area contributed by atoms with Gasteiger partial charge in [0.05, 0.1) is 17.2 Å². The van der Waals surface area contributed by atoms with E-state index in [1.807, 2.05) is 12.1 Å². The van der Waals surface area contributed by atoms with Gasteiger partial charge in [-0.15, -0.1) is 0 Å². The molecule has 1 fully saturated rings. The van der Waals surface area contributed by atoms with Crippen molar-refractivity contribution in [3.63, 3.8) is 0 Å². The van der Waals surface area contributed by atoms with Crippen LogP contribution in [0.3, 0.4) is 0 Å². The van der Waals surface area contributed by atoms with E-state index in [1.54, 1.807) is 23.3 Å². The molecule has 2 aromatic rings. The lowest BCUT2D eigenvalue weighted by molar-refractivity contribution is 0.179. The van der Waals surface area contributed by atoms with Crippen LogP contribution in [0.2, 0.25) is 0 Å². The number of sulfonamides is 1. The third-order valence-corrected chi connectivity index (χ3v) is 5.21. The number of likely N-dealkylation sites (tertiary alicyclic amines) is 1. The van der Waals surface area contributed by atoms with Crippen molar-refractivity contribution < 1.29 is 17.6 Å². The van der Waals surface area contributed by atoms with E-state index in [1.165, 1.54) is 12.1 Å². The third-order valence-electron chi connectivity index (χ3n) is 4.30. The molecule has 8 heteroatoms. The van der Waals surface area contributed by atoms with E-state index in [0.717, 1.165) is 31.4 Å². The minimum atomic E-state index is -3.82. The van der Waals surface area contributed by atoms with Crippen molar-refractivity contribution in [2.75, 3.05) is 11.9 Å². The number of nitrogens with one attached hydrogen (secondary N) is 1. The molecule has 2 amide bonds. The maximum Gasteiger partial charge on any atom is 0.322 e. The molecule has 3 rings (SSSR count). The van der Waals surface area contributed by atoms with Gasteiger partial charge in [0, 0.05) is 12.2 Å². The van der Waals surface area contributed by atoms with Gasteiger partial charge in [0.1, 0.15) is 5.76 Å². The van der Waals surface area contributed by atoms with Gasteiger partial charge in [0.15, 0.2) is 0 Å². The summed E-state index contributed by atoms with van der Waals surface area (Å²) >= 11 is 0. The molecule has 0 bridgehead atoms. The summed E-state index contributed by atoms with van der Waals surface area (Å²) in [7, 11) is -3.82. The normalized spacial score (nSPS) is 18.6. The standard InChI is InChI=1S/C17H21N3O4S/c18-25(22,23)14-7-4-6-13(12-14)19-17(21)20-10-3-1-2-8-15(20)16-9-5-11-24-16/h4-7,9,11-12,15H,1-3,8,10H2,(H,19,21)(H2,18,22,23)/t15-/m1/s1. The lowest BCUT2D eigenvalue weighted by Gasteiger charge is -2.28. The SMILES string of the molecule is NS(=O)(=O)c1cccc(NC(=O)N2CCCCC[C@@H]2c2ccco2)c1. The van der Waals surface area contributed by atoms with Crippen LogP contribution in [0.15, 0.2) is 52.0 Å². The Morgan fingerprint density at radius 3 is 2.76 bits per heavy atom. The summed E-state index contributed by atoms with van der Waals surface area (Å²) in [6.45, 7) is 0.617. The summed E-state index contributed by atoms with van der Waals surface area (Å²) < 4.78 is 28.4. The van der Waals surface area contributed by atoms with Crippen molar-refractivity contribution >= 4 is 21.7 Å². The zero-order chi connectivity index (χ0) is 17.9. The fourth-order valence-corrected chi connectivity index (χ4v) is 3.63. The molecule has 0 saturated carbocycles. The summed E-state index contributed by atoms with van der Waals surface area (Å²) in [5, 5.41) is 7.91. The van der Waals surface area contributed by atoms with E-state index in [-0.39, 0.29) is 17.0 Å². The highest BCUT2D eigenvalue weighted by Crippen LogP contribution is 2.31. The van der Waals surface area contributed by atoms with Crippen LogP contribution < -0.4 is 10.5 Å². The second-order valence-corrected chi connectivity index (χ2v) is 7.64. The summed E-state index contributed by atoms with van der Waals surface area (Å²) in [6.07, 6.45) is 5.43. The average Bonchev–Trinajstić information content (AvgIpc) is 2.98. The Hall–Kier alpha value is -2.32. The number of furan rings is 1. The monoisotopic (exact) mass is 363 g/mol. The van der Waals surface area contributed by atoms with Crippen molar-refractivity contribution in [3.8, 4) is 0 Å². The topological polar surface area (TPSA) is 106 Å². The highest BCUT2D eigenvalue weighted by molar-refractivity contribution is 7.89. The number of carbonyl (C=O) groups is 1. The molecule has 1 atom stereocenters. The van der Waals surface area contributed by atoms with Crippen molar-refractivity contribution in [2.45, 2.75) is 36.6 Å². The molecular weight excluding hydrogens is 342 g/mol. The van der Waals surface area contributed by atoms with E-state index >= 15 is 0 Å². The van der Waals surface area contributed by atoms with Crippen LogP contribution in [-0.4, -0.2) is 25.9 Å². The van der Waals surface area contributed by atoms with Gasteiger partial charge >= 0.3 is 6.03 Å². The second-order valence-electron chi connectivity index (χ2n) is 6.08. The number of urea groups is 1. The second kappa shape index (κ2) is 7.28. The molecule has 7 nitrogen and oxygen atoms in total. The number of primary sulfonamides is 1. The first-order chi connectivity index (χ1) is 11.9. The smallest absolute Gasteiger partial charge is 0.322 e. The molecule has 3 N–H and O–H groups in total. The third kappa shape index (κ3) is 4.21. The van der Waals surface area contributed by atoms with E-state index < -0.39 is 10.0 Å². The van der Waals surface area contributed by atoms with Crippen LogP contribution in [0, 0.1) is 0 Å². The zero-order valence-corrected chi connectivity index (χ0v) is 14.5. The summed E-state index contributed by atoms with van der Waals surface area (Å²) in [5.74, 6) is 0.760. The number of hydrogen-bond acceptors (Lipinski definition) is 4. The van der Waals surface area contributed by atoms with Crippen LogP contribution in [0.5, 0.6) is 0 Å². The van der Waals surface area contributed by atoms with Gasteiger partial charge in [-0.25, -0.2) is 18.4 Å². The Kier molecular flexibility index (Phi) is 5.10. The van der Waals surface area contributed by atoms with Crippen LogP contribution in [0.25, 0.3) is 0 Å². The number of anilines is 1. The largest absolute Gasteiger partial charge is 0.467 e. The van der Waals surface area contributed by atoms with Crippen molar-refractivity contribution in [2.24, 2.45) is 5.14 Å². The van der Waals surface area contributed by atoms with Gasteiger partial charge in [0.2, 0.25) is 10.0 Å².